The van der Waals surface area contributed by atoms with Gasteiger partial charge in [-0.05, 0) is 56.7 Å². The number of rotatable bonds is 4. The second-order valence-electron chi connectivity index (χ2n) is 6.59. The zero-order valence-electron chi connectivity index (χ0n) is 15.8. The maximum absolute atomic E-state index is 12.6. The van der Waals surface area contributed by atoms with E-state index in [4.69, 9.17) is 0 Å². The van der Waals surface area contributed by atoms with E-state index in [1.165, 1.54) is 29.5 Å². The molecule has 0 spiro atoms. The number of fused-ring (bicyclic) bond motifs is 1. The average Bonchev–Trinajstić information content (AvgIpc) is 3.25. The summed E-state index contributed by atoms with van der Waals surface area (Å²) in [6.45, 7) is 5.34. The quantitative estimate of drug-likeness (QED) is 0.404. The molecule has 0 aliphatic rings. The maximum atomic E-state index is 12.6. The van der Waals surface area contributed by atoms with Gasteiger partial charge in [0.05, 0.1) is 4.92 Å². The third-order valence-corrected chi connectivity index (χ3v) is 5.47. The van der Waals surface area contributed by atoms with Crippen LogP contribution >= 0.6 is 11.3 Å². The van der Waals surface area contributed by atoms with Gasteiger partial charge < -0.3 is 5.32 Å². The fourth-order valence-corrected chi connectivity index (χ4v) is 3.85. The van der Waals surface area contributed by atoms with E-state index in [-0.39, 0.29) is 11.6 Å². The second kappa shape index (κ2) is 7.06. The van der Waals surface area contributed by atoms with Crippen LogP contribution in [0, 0.1) is 30.9 Å². The van der Waals surface area contributed by atoms with Crippen molar-refractivity contribution in [3.63, 3.8) is 0 Å². The van der Waals surface area contributed by atoms with Crippen molar-refractivity contribution in [1.82, 2.24) is 19.8 Å². The fourth-order valence-electron chi connectivity index (χ4n) is 2.96. The third kappa shape index (κ3) is 3.45. The number of hydrogen-bond acceptors (Lipinski definition) is 7. The summed E-state index contributed by atoms with van der Waals surface area (Å²) in [6.07, 6.45) is 0. The molecule has 0 bridgehead atoms. The minimum absolute atomic E-state index is 0.0117. The number of nitrogens with zero attached hydrogens (tertiary/aromatic N) is 5. The third-order valence-electron chi connectivity index (χ3n) is 4.52. The van der Waals surface area contributed by atoms with E-state index in [0.717, 1.165) is 26.9 Å². The zero-order valence-corrected chi connectivity index (χ0v) is 16.6. The van der Waals surface area contributed by atoms with Crippen molar-refractivity contribution in [2.75, 3.05) is 5.32 Å². The van der Waals surface area contributed by atoms with Gasteiger partial charge in [-0.1, -0.05) is 11.3 Å². The first kappa shape index (κ1) is 18.7. The van der Waals surface area contributed by atoms with E-state index < -0.39 is 4.92 Å². The van der Waals surface area contributed by atoms with Crippen LogP contribution in [0.4, 0.5) is 11.4 Å². The van der Waals surface area contributed by atoms with E-state index in [1.54, 1.807) is 11.4 Å². The fraction of sp³-hybridized carbons (Fsp3) is 0.158. The van der Waals surface area contributed by atoms with Gasteiger partial charge >= 0.3 is 0 Å². The van der Waals surface area contributed by atoms with E-state index in [1.807, 2.05) is 32.0 Å². The first-order valence-corrected chi connectivity index (χ1v) is 9.51. The van der Waals surface area contributed by atoms with Gasteiger partial charge in [-0.3, -0.25) is 14.9 Å². The number of carbonyl (C=O) groups is 1. The van der Waals surface area contributed by atoms with Crippen molar-refractivity contribution in [2.24, 2.45) is 0 Å². The molecule has 0 saturated carbocycles. The Morgan fingerprint density at radius 1 is 1.10 bits per heavy atom. The van der Waals surface area contributed by atoms with Crippen LogP contribution in [0.5, 0.6) is 0 Å². The molecule has 0 atom stereocenters. The molecule has 1 N–H and O–H groups in total. The molecule has 0 radical (unpaired) electrons. The lowest BCUT2D eigenvalue weighted by Gasteiger charge is -2.10. The van der Waals surface area contributed by atoms with Crippen molar-refractivity contribution in [3.8, 4) is 10.6 Å². The molecule has 10 heteroatoms. The summed E-state index contributed by atoms with van der Waals surface area (Å²) in [7, 11) is 0. The Bertz CT molecular complexity index is 1280. The molecule has 2 aromatic carbocycles. The van der Waals surface area contributed by atoms with Crippen molar-refractivity contribution in [1.29, 1.82) is 0 Å². The van der Waals surface area contributed by atoms with Gasteiger partial charge in [0.15, 0.2) is 5.82 Å². The molecule has 0 saturated heterocycles. The minimum Gasteiger partial charge on any atom is -0.322 e. The summed E-state index contributed by atoms with van der Waals surface area (Å²) >= 11 is 1.44. The lowest BCUT2D eigenvalue weighted by atomic mass is 10.1. The Morgan fingerprint density at radius 3 is 2.55 bits per heavy atom. The van der Waals surface area contributed by atoms with Crippen LogP contribution in [0.3, 0.4) is 0 Å². The van der Waals surface area contributed by atoms with Crippen LogP contribution < -0.4 is 5.32 Å². The zero-order chi connectivity index (χ0) is 20.7. The van der Waals surface area contributed by atoms with Crippen molar-refractivity contribution in [3.05, 3.63) is 69.0 Å². The summed E-state index contributed by atoms with van der Waals surface area (Å²) in [6, 6.07) is 9.94. The smallest absolute Gasteiger partial charge is 0.272 e. The monoisotopic (exact) mass is 408 g/mol. The molecule has 0 aliphatic carbocycles. The largest absolute Gasteiger partial charge is 0.322 e. The number of nitrogens with one attached hydrogen (secondary N) is 1. The van der Waals surface area contributed by atoms with Crippen LogP contribution in [0.1, 0.15) is 27.3 Å². The maximum Gasteiger partial charge on any atom is 0.272 e. The highest BCUT2D eigenvalue weighted by molar-refractivity contribution is 7.19. The van der Waals surface area contributed by atoms with Crippen LogP contribution in [-0.2, 0) is 0 Å². The van der Waals surface area contributed by atoms with Crippen LogP contribution in [0.2, 0.25) is 0 Å². The Kier molecular flexibility index (Phi) is 4.55. The molecule has 2 heterocycles. The summed E-state index contributed by atoms with van der Waals surface area (Å²) in [5, 5.41) is 27.2. The van der Waals surface area contributed by atoms with E-state index in [2.05, 4.69) is 20.6 Å². The van der Waals surface area contributed by atoms with Gasteiger partial charge in [0.1, 0.15) is 5.01 Å². The molecule has 1 amide bonds. The first-order chi connectivity index (χ1) is 13.8. The van der Waals surface area contributed by atoms with E-state index in [0.29, 0.717) is 16.8 Å². The SMILES string of the molecule is Cc1cc(-c2nn3c(C)nnc3s2)ccc1NC(=O)c1ccc([N+](=O)[O-])c(C)c1. The molecular weight excluding hydrogens is 392 g/mol. The van der Waals surface area contributed by atoms with Crippen LogP contribution in [-0.4, -0.2) is 30.6 Å². The van der Waals surface area contributed by atoms with E-state index in [9.17, 15) is 14.9 Å². The standard InChI is InChI=1S/C19H16N6O3S/c1-10-8-14(18-23-24-12(3)21-22-19(24)29-18)4-6-15(10)20-17(26)13-5-7-16(25(27)28)11(2)9-13/h4-9H,1-3H3,(H,20,26). The lowest BCUT2D eigenvalue weighted by Crippen LogP contribution is -2.13. The number of aromatic nitrogens is 4. The Balaban J connectivity index is 1.57. The predicted octanol–water partition coefficient (Wildman–Crippen LogP) is 3.94. The number of nitro benzene ring substituents is 1. The van der Waals surface area contributed by atoms with Gasteiger partial charge in [-0.25, -0.2) is 0 Å². The Hall–Kier alpha value is -3.66. The summed E-state index contributed by atoms with van der Waals surface area (Å²) in [4.78, 5) is 23.8. The number of aryl methyl sites for hydroxylation is 3. The number of amides is 1. The second-order valence-corrected chi connectivity index (χ2v) is 7.55. The molecule has 29 heavy (non-hydrogen) atoms. The first-order valence-electron chi connectivity index (χ1n) is 8.70. The molecule has 4 aromatic rings. The predicted molar refractivity (Wildman–Crippen MR) is 109 cm³/mol. The molecule has 0 fully saturated rings. The minimum atomic E-state index is -0.465. The molecular formula is C19H16N6O3S. The van der Waals surface area contributed by atoms with Gasteiger partial charge in [-0.15, -0.1) is 10.2 Å². The van der Waals surface area contributed by atoms with Crippen molar-refractivity contribution >= 4 is 33.6 Å². The summed E-state index contributed by atoms with van der Waals surface area (Å²) in [5.41, 5.74) is 3.24. The number of hydrogen-bond donors (Lipinski definition) is 1. The highest BCUT2D eigenvalue weighted by Gasteiger charge is 2.15. The Morgan fingerprint density at radius 2 is 1.90 bits per heavy atom. The number of nitro groups is 1. The molecule has 146 valence electrons. The lowest BCUT2D eigenvalue weighted by molar-refractivity contribution is -0.385. The van der Waals surface area contributed by atoms with Gasteiger partial charge in [0, 0.05) is 28.4 Å². The van der Waals surface area contributed by atoms with Crippen LogP contribution in [0.15, 0.2) is 36.4 Å². The van der Waals surface area contributed by atoms with Crippen molar-refractivity contribution in [2.45, 2.75) is 20.8 Å². The number of carbonyl (C=O) groups excluding carboxylic acids is 1. The normalized spacial score (nSPS) is 11.0. The van der Waals surface area contributed by atoms with E-state index >= 15 is 0 Å². The Labute approximate surface area is 169 Å². The summed E-state index contributed by atoms with van der Waals surface area (Å²) in [5.74, 6) is 0.398. The van der Waals surface area contributed by atoms with Gasteiger partial charge in [0.25, 0.3) is 11.6 Å². The number of benzene rings is 2. The topological polar surface area (TPSA) is 115 Å². The molecule has 0 aliphatic heterocycles. The summed E-state index contributed by atoms with van der Waals surface area (Å²) < 4.78 is 1.70. The highest BCUT2D eigenvalue weighted by atomic mass is 32.1. The molecule has 4 rings (SSSR count). The molecule has 2 aromatic heterocycles. The average molecular weight is 408 g/mol. The number of anilines is 1. The van der Waals surface area contributed by atoms with Gasteiger partial charge in [-0.2, -0.15) is 9.61 Å². The van der Waals surface area contributed by atoms with Crippen LogP contribution in [0.25, 0.3) is 15.5 Å². The highest BCUT2D eigenvalue weighted by Crippen LogP contribution is 2.29. The van der Waals surface area contributed by atoms with Gasteiger partial charge in [0.2, 0.25) is 4.96 Å². The molecule has 0 unspecified atom stereocenters. The van der Waals surface area contributed by atoms with Crippen molar-refractivity contribution < 1.29 is 9.72 Å². The molecule has 9 nitrogen and oxygen atoms in total.